The lowest BCUT2D eigenvalue weighted by atomic mass is 10.3. The topological polar surface area (TPSA) is 103 Å². The summed E-state index contributed by atoms with van der Waals surface area (Å²) in [6.07, 6.45) is 3.84. The second kappa shape index (κ2) is 5.29. The molecule has 0 bridgehead atoms. The minimum atomic E-state index is -3.98. The van der Waals surface area contributed by atoms with Crippen LogP contribution in [-0.4, -0.2) is 38.5 Å². The summed E-state index contributed by atoms with van der Waals surface area (Å²) in [4.78, 5) is 18.9. The number of sulfonamides is 1. The first-order valence-corrected chi connectivity index (χ1v) is 6.83. The monoisotopic (exact) mass is 297 g/mol. The maximum atomic E-state index is 12.3. The fourth-order valence-corrected chi connectivity index (χ4v) is 2.40. The highest BCUT2D eigenvalue weighted by Gasteiger charge is 2.27. The van der Waals surface area contributed by atoms with Gasteiger partial charge >= 0.3 is 5.97 Å². The Hall–Kier alpha value is -2.42. The molecule has 0 saturated heterocycles. The van der Waals surface area contributed by atoms with Crippen molar-refractivity contribution in [1.29, 1.82) is 0 Å². The van der Waals surface area contributed by atoms with E-state index in [2.05, 4.69) is 14.7 Å². The van der Waals surface area contributed by atoms with Gasteiger partial charge < -0.3 is 9.15 Å². The highest BCUT2D eigenvalue weighted by molar-refractivity contribution is 7.92. The number of rotatable bonds is 4. The predicted octanol–water partition coefficient (Wildman–Crippen LogP) is 0.681. The Morgan fingerprint density at radius 1 is 1.35 bits per heavy atom. The van der Waals surface area contributed by atoms with Crippen molar-refractivity contribution in [3.63, 3.8) is 0 Å². The van der Waals surface area contributed by atoms with Gasteiger partial charge in [0.2, 0.25) is 11.0 Å². The number of hydrogen-bond donors (Lipinski definition) is 0. The van der Waals surface area contributed by atoms with Crippen LogP contribution in [0, 0.1) is 0 Å². The summed E-state index contributed by atoms with van der Waals surface area (Å²) in [5.41, 5.74) is 0.00783. The third kappa shape index (κ3) is 2.48. The van der Waals surface area contributed by atoms with E-state index in [1.165, 1.54) is 26.6 Å². The average Bonchev–Trinajstić information content (AvgIpc) is 2.97. The second-order valence-electron chi connectivity index (χ2n) is 3.67. The molecule has 106 valence electrons. The molecule has 0 saturated carbocycles. The Labute approximate surface area is 115 Å². The Bertz CT molecular complexity index is 711. The molecule has 8 nitrogen and oxygen atoms in total. The number of methoxy groups -OCH3 is 1. The quantitative estimate of drug-likeness (QED) is 0.764. The van der Waals surface area contributed by atoms with Gasteiger partial charge in [-0.25, -0.2) is 19.1 Å². The predicted molar refractivity (Wildman–Crippen MR) is 67.7 cm³/mol. The van der Waals surface area contributed by atoms with Crippen molar-refractivity contribution in [2.45, 2.75) is 5.09 Å². The van der Waals surface area contributed by atoms with Gasteiger partial charge in [0.05, 0.1) is 12.7 Å². The molecule has 0 spiro atoms. The second-order valence-corrected chi connectivity index (χ2v) is 5.57. The number of carbonyl (C=O) groups excluding carboxylic acids is 1. The SMILES string of the molecule is COC(=O)c1coc(S(=O)(=O)N(C)c2ncccn2)c1. The fraction of sp³-hybridized carbons (Fsp3) is 0.182. The summed E-state index contributed by atoms with van der Waals surface area (Å²) in [6.45, 7) is 0. The van der Waals surface area contributed by atoms with Gasteiger partial charge in [0.1, 0.15) is 6.26 Å². The van der Waals surface area contributed by atoms with Crippen LogP contribution in [0.3, 0.4) is 0 Å². The molecule has 0 N–H and O–H groups in total. The number of furan rings is 1. The smallest absolute Gasteiger partial charge is 0.341 e. The zero-order valence-electron chi connectivity index (χ0n) is 10.7. The maximum Gasteiger partial charge on any atom is 0.341 e. The van der Waals surface area contributed by atoms with Crippen LogP contribution < -0.4 is 4.31 Å². The lowest BCUT2D eigenvalue weighted by Crippen LogP contribution is -2.27. The van der Waals surface area contributed by atoms with Gasteiger partial charge in [-0.1, -0.05) is 0 Å². The molecule has 2 aromatic heterocycles. The number of anilines is 1. The summed E-state index contributed by atoms with van der Waals surface area (Å²) >= 11 is 0. The molecule has 0 aliphatic heterocycles. The van der Waals surface area contributed by atoms with Crippen LogP contribution in [0.2, 0.25) is 0 Å². The molecule has 2 rings (SSSR count). The zero-order valence-corrected chi connectivity index (χ0v) is 11.5. The van der Waals surface area contributed by atoms with Crippen LogP contribution in [0.4, 0.5) is 5.95 Å². The van der Waals surface area contributed by atoms with Crippen molar-refractivity contribution in [2.75, 3.05) is 18.5 Å². The fourth-order valence-electron chi connectivity index (χ4n) is 1.37. The molecular weight excluding hydrogens is 286 g/mol. The minimum Gasteiger partial charge on any atom is -0.465 e. The van der Waals surface area contributed by atoms with Crippen LogP contribution in [0.15, 0.2) is 40.3 Å². The van der Waals surface area contributed by atoms with Crippen molar-refractivity contribution in [3.05, 3.63) is 36.4 Å². The van der Waals surface area contributed by atoms with E-state index in [4.69, 9.17) is 4.42 Å². The first-order valence-electron chi connectivity index (χ1n) is 5.39. The largest absolute Gasteiger partial charge is 0.465 e. The van der Waals surface area contributed by atoms with E-state index in [0.717, 1.165) is 16.6 Å². The van der Waals surface area contributed by atoms with Gasteiger partial charge in [-0.2, -0.15) is 8.42 Å². The van der Waals surface area contributed by atoms with Crippen molar-refractivity contribution < 1.29 is 22.4 Å². The molecule has 0 aliphatic carbocycles. The zero-order chi connectivity index (χ0) is 14.8. The molecule has 0 amide bonds. The number of aromatic nitrogens is 2. The Morgan fingerprint density at radius 3 is 2.60 bits per heavy atom. The van der Waals surface area contributed by atoms with E-state index >= 15 is 0 Å². The molecule has 0 unspecified atom stereocenters. The third-order valence-electron chi connectivity index (χ3n) is 2.45. The van der Waals surface area contributed by atoms with Crippen LogP contribution in [0.25, 0.3) is 0 Å². The van der Waals surface area contributed by atoms with Crippen molar-refractivity contribution in [2.24, 2.45) is 0 Å². The van der Waals surface area contributed by atoms with E-state index < -0.39 is 21.1 Å². The van der Waals surface area contributed by atoms with Gasteiger partial charge in [-0.3, -0.25) is 0 Å². The number of esters is 1. The molecule has 2 heterocycles. The number of ether oxygens (including phenoxy) is 1. The van der Waals surface area contributed by atoms with Gasteiger partial charge in [0.25, 0.3) is 10.0 Å². The van der Waals surface area contributed by atoms with E-state index in [0.29, 0.717) is 0 Å². The van der Waals surface area contributed by atoms with Crippen LogP contribution in [-0.2, 0) is 14.8 Å². The molecule has 0 atom stereocenters. The normalized spacial score (nSPS) is 11.1. The number of carbonyl (C=O) groups is 1. The summed E-state index contributed by atoms with van der Waals surface area (Å²) in [5, 5.41) is -0.396. The Morgan fingerprint density at radius 2 is 2.00 bits per heavy atom. The lowest BCUT2D eigenvalue weighted by Gasteiger charge is -2.14. The lowest BCUT2D eigenvalue weighted by molar-refractivity contribution is 0.0600. The molecule has 20 heavy (non-hydrogen) atoms. The molecule has 9 heteroatoms. The van der Waals surface area contributed by atoms with E-state index in [-0.39, 0.29) is 11.5 Å². The Balaban J connectivity index is 2.36. The van der Waals surface area contributed by atoms with Crippen molar-refractivity contribution >= 4 is 21.9 Å². The van der Waals surface area contributed by atoms with E-state index in [9.17, 15) is 13.2 Å². The summed E-state index contributed by atoms with van der Waals surface area (Å²) in [5.74, 6) is -0.697. The summed E-state index contributed by atoms with van der Waals surface area (Å²) in [6, 6.07) is 2.65. The first kappa shape index (κ1) is 14.0. The summed E-state index contributed by atoms with van der Waals surface area (Å²) in [7, 11) is -1.51. The van der Waals surface area contributed by atoms with Gasteiger partial charge in [-0.05, 0) is 6.07 Å². The van der Waals surface area contributed by atoms with Crippen LogP contribution >= 0.6 is 0 Å². The maximum absolute atomic E-state index is 12.3. The third-order valence-corrected chi connectivity index (χ3v) is 4.05. The highest BCUT2D eigenvalue weighted by Crippen LogP contribution is 2.20. The summed E-state index contributed by atoms with van der Waals surface area (Å²) < 4.78 is 34.8. The minimum absolute atomic E-state index is 0.00783. The Kier molecular flexibility index (Phi) is 3.70. The molecule has 0 aliphatic rings. The van der Waals surface area contributed by atoms with E-state index in [1.807, 2.05) is 0 Å². The highest BCUT2D eigenvalue weighted by atomic mass is 32.2. The standard InChI is InChI=1S/C11H11N3O5S/c1-14(11-12-4-3-5-13-11)20(16,17)9-6-8(7-19-9)10(15)18-2/h3-7H,1-2H3. The van der Waals surface area contributed by atoms with Crippen molar-refractivity contribution in [3.8, 4) is 0 Å². The molecule has 0 aromatic carbocycles. The molecule has 0 radical (unpaired) electrons. The molecular formula is C11H11N3O5S. The van der Waals surface area contributed by atoms with Gasteiger partial charge in [0, 0.05) is 25.5 Å². The molecule has 2 aromatic rings. The van der Waals surface area contributed by atoms with Crippen LogP contribution in [0.1, 0.15) is 10.4 Å². The molecule has 0 fully saturated rings. The van der Waals surface area contributed by atoms with Gasteiger partial charge in [0.15, 0.2) is 0 Å². The number of nitrogens with zero attached hydrogens (tertiary/aromatic N) is 3. The van der Waals surface area contributed by atoms with Crippen molar-refractivity contribution in [1.82, 2.24) is 9.97 Å². The number of hydrogen-bond acceptors (Lipinski definition) is 7. The van der Waals surface area contributed by atoms with Crippen LogP contribution in [0.5, 0.6) is 0 Å². The van der Waals surface area contributed by atoms with Gasteiger partial charge in [-0.15, -0.1) is 0 Å². The van der Waals surface area contributed by atoms with E-state index in [1.54, 1.807) is 6.07 Å². The first-order chi connectivity index (χ1) is 9.46. The average molecular weight is 297 g/mol.